The molecule has 2 aromatic rings. The van der Waals surface area contributed by atoms with Crippen LogP contribution in [0.5, 0.6) is 0 Å². The standard InChI is InChI=1S/C27H36N2O3/c1-19-14-29(20(2)17-30)27(31)25-11-7-6-10-24(25)23-9-5-4-8-22(23)18-32-26(19)16-28(3)15-21-12-13-21/h4-11,19-21,26,30H,12-18H2,1-3H3/t19-,20+,26-/m1/s1. The highest BCUT2D eigenvalue weighted by molar-refractivity contribution is 6.01. The highest BCUT2D eigenvalue weighted by Gasteiger charge is 2.31. The quantitative estimate of drug-likeness (QED) is 0.742. The third kappa shape index (κ3) is 5.22. The van der Waals surface area contributed by atoms with Crippen molar-refractivity contribution in [2.45, 2.75) is 45.4 Å². The van der Waals surface area contributed by atoms with Crippen LogP contribution in [0.4, 0.5) is 0 Å². The Bertz CT molecular complexity index is 927. The monoisotopic (exact) mass is 436 g/mol. The molecule has 1 aliphatic heterocycles. The van der Waals surface area contributed by atoms with Gasteiger partial charge in [-0.3, -0.25) is 4.79 Å². The number of amides is 1. The lowest BCUT2D eigenvalue weighted by Crippen LogP contribution is -2.47. The van der Waals surface area contributed by atoms with Crippen LogP contribution in [0.2, 0.25) is 0 Å². The first-order valence-electron chi connectivity index (χ1n) is 11.9. The van der Waals surface area contributed by atoms with Gasteiger partial charge in [0.25, 0.3) is 5.91 Å². The molecule has 1 aliphatic carbocycles. The van der Waals surface area contributed by atoms with E-state index in [4.69, 9.17) is 4.74 Å². The van der Waals surface area contributed by atoms with Crippen molar-refractivity contribution in [3.63, 3.8) is 0 Å². The summed E-state index contributed by atoms with van der Waals surface area (Å²) in [6, 6.07) is 15.7. The number of ether oxygens (including phenoxy) is 1. The molecule has 4 rings (SSSR count). The molecule has 0 saturated heterocycles. The van der Waals surface area contributed by atoms with Crippen LogP contribution >= 0.6 is 0 Å². The molecule has 5 heteroatoms. The maximum atomic E-state index is 13.8. The van der Waals surface area contributed by atoms with Crippen molar-refractivity contribution in [1.29, 1.82) is 0 Å². The van der Waals surface area contributed by atoms with Crippen molar-refractivity contribution in [2.24, 2.45) is 11.8 Å². The number of carbonyl (C=O) groups is 1. The van der Waals surface area contributed by atoms with E-state index in [1.54, 1.807) is 0 Å². The van der Waals surface area contributed by atoms with Gasteiger partial charge in [-0.05, 0) is 55.5 Å². The number of benzene rings is 2. The van der Waals surface area contributed by atoms with E-state index in [2.05, 4.69) is 31.0 Å². The molecule has 3 atom stereocenters. The Balaban J connectivity index is 1.72. The largest absolute Gasteiger partial charge is 0.394 e. The van der Waals surface area contributed by atoms with Crippen LogP contribution in [0.15, 0.2) is 48.5 Å². The average Bonchev–Trinajstić information content (AvgIpc) is 3.62. The van der Waals surface area contributed by atoms with E-state index >= 15 is 0 Å². The van der Waals surface area contributed by atoms with Gasteiger partial charge in [-0.25, -0.2) is 0 Å². The highest BCUT2D eigenvalue weighted by Crippen LogP contribution is 2.32. The van der Waals surface area contributed by atoms with Crippen molar-refractivity contribution >= 4 is 5.91 Å². The first-order valence-corrected chi connectivity index (χ1v) is 11.9. The Morgan fingerprint density at radius 2 is 1.72 bits per heavy atom. The molecule has 5 nitrogen and oxygen atoms in total. The fourth-order valence-corrected chi connectivity index (χ4v) is 4.67. The van der Waals surface area contributed by atoms with E-state index in [0.717, 1.165) is 35.7 Å². The van der Waals surface area contributed by atoms with Crippen LogP contribution in [0, 0.1) is 11.8 Å². The summed E-state index contributed by atoms with van der Waals surface area (Å²) < 4.78 is 6.56. The molecule has 2 aliphatic rings. The molecule has 0 unspecified atom stereocenters. The zero-order valence-corrected chi connectivity index (χ0v) is 19.5. The van der Waals surface area contributed by atoms with Crippen LogP contribution in [0.25, 0.3) is 11.1 Å². The van der Waals surface area contributed by atoms with Crippen LogP contribution in [-0.2, 0) is 11.3 Å². The average molecular weight is 437 g/mol. The number of hydrogen-bond donors (Lipinski definition) is 1. The first kappa shape index (κ1) is 23.0. The zero-order chi connectivity index (χ0) is 22.7. The Labute approximate surface area is 192 Å². The van der Waals surface area contributed by atoms with Gasteiger partial charge in [0.05, 0.1) is 25.4 Å². The van der Waals surface area contributed by atoms with Crippen molar-refractivity contribution in [3.8, 4) is 11.1 Å². The van der Waals surface area contributed by atoms with Crippen molar-refractivity contribution in [3.05, 3.63) is 59.7 Å². The second kappa shape index (κ2) is 10.2. The van der Waals surface area contributed by atoms with Crippen molar-refractivity contribution in [2.75, 3.05) is 33.3 Å². The minimum absolute atomic E-state index is 0.00536. The predicted molar refractivity (Wildman–Crippen MR) is 127 cm³/mol. The molecule has 2 aromatic carbocycles. The van der Waals surface area contributed by atoms with Gasteiger partial charge in [0.15, 0.2) is 0 Å². The Morgan fingerprint density at radius 3 is 2.41 bits per heavy atom. The molecule has 1 saturated carbocycles. The molecule has 1 heterocycles. The molecule has 32 heavy (non-hydrogen) atoms. The summed E-state index contributed by atoms with van der Waals surface area (Å²) in [5.41, 5.74) is 3.73. The van der Waals surface area contributed by atoms with Gasteiger partial charge in [-0.15, -0.1) is 0 Å². The molecular formula is C27H36N2O3. The van der Waals surface area contributed by atoms with Gasteiger partial charge in [0.1, 0.15) is 0 Å². The van der Waals surface area contributed by atoms with Crippen LogP contribution in [0.3, 0.4) is 0 Å². The molecule has 1 amide bonds. The van der Waals surface area contributed by atoms with E-state index < -0.39 is 0 Å². The summed E-state index contributed by atoms with van der Waals surface area (Å²) in [7, 11) is 2.17. The second-order valence-corrected chi connectivity index (χ2v) is 9.68. The summed E-state index contributed by atoms with van der Waals surface area (Å²) in [6.07, 6.45) is 2.65. The molecule has 1 N–H and O–H groups in total. The third-order valence-electron chi connectivity index (χ3n) is 6.85. The summed E-state index contributed by atoms with van der Waals surface area (Å²) in [6.45, 7) is 7.01. The van der Waals surface area contributed by atoms with E-state index in [-0.39, 0.29) is 30.6 Å². The second-order valence-electron chi connectivity index (χ2n) is 9.68. The number of fused-ring (bicyclic) bond motifs is 3. The molecule has 0 radical (unpaired) electrons. The van der Waals surface area contributed by atoms with Gasteiger partial charge in [-0.2, -0.15) is 0 Å². The number of likely N-dealkylation sites (N-methyl/N-ethyl adjacent to an activating group) is 1. The first-order chi connectivity index (χ1) is 15.5. The fraction of sp³-hybridized carbons (Fsp3) is 0.519. The van der Waals surface area contributed by atoms with Crippen LogP contribution in [0.1, 0.15) is 42.6 Å². The zero-order valence-electron chi connectivity index (χ0n) is 19.5. The fourth-order valence-electron chi connectivity index (χ4n) is 4.67. The predicted octanol–water partition coefficient (Wildman–Crippen LogP) is 4.05. The van der Waals surface area contributed by atoms with E-state index in [9.17, 15) is 9.90 Å². The van der Waals surface area contributed by atoms with E-state index in [1.807, 2.05) is 48.2 Å². The number of hydrogen-bond acceptors (Lipinski definition) is 4. The van der Waals surface area contributed by atoms with E-state index in [0.29, 0.717) is 18.7 Å². The number of nitrogens with zero attached hydrogens (tertiary/aromatic N) is 2. The summed E-state index contributed by atoms with van der Waals surface area (Å²) in [5, 5.41) is 9.92. The van der Waals surface area contributed by atoms with Crippen molar-refractivity contribution < 1.29 is 14.6 Å². The molecule has 0 spiro atoms. The topological polar surface area (TPSA) is 53.0 Å². The maximum Gasteiger partial charge on any atom is 0.254 e. The van der Waals surface area contributed by atoms with Gasteiger partial charge in [-0.1, -0.05) is 49.4 Å². The van der Waals surface area contributed by atoms with Gasteiger partial charge >= 0.3 is 0 Å². The Morgan fingerprint density at radius 1 is 1.06 bits per heavy atom. The lowest BCUT2D eigenvalue weighted by atomic mass is 9.94. The van der Waals surface area contributed by atoms with E-state index in [1.165, 1.54) is 12.8 Å². The highest BCUT2D eigenvalue weighted by atomic mass is 16.5. The molecule has 172 valence electrons. The normalized spacial score (nSPS) is 22.8. The minimum Gasteiger partial charge on any atom is -0.394 e. The number of rotatable bonds is 6. The summed E-state index contributed by atoms with van der Waals surface area (Å²) >= 11 is 0. The number of aliphatic hydroxyl groups is 1. The lowest BCUT2D eigenvalue weighted by Gasteiger charge is -2.35. The number of carbonyl (C=O) groups excluding carboxylic acids is 1. The lowest BCUT2D eigenvalue weighted by molar-refractivity contribution is -0.0235. The van der Waals surface area contributed by atoms with Crippen LogP contribution in [-0.4, -0.2) is 66.2 Å². The van der Waals surface area contributed by atoms with Crippen LogP contribution < -0.4 is 0 Å². The third-order valence-corrected chi connectivity index (χ3v) is 6.85. The van der Waals surface area contributed by atoms with Gasteiger partial charge in [0.2, 0.25) is 0 Å². The summed E-state index contributed by atoms with van der Waals surface area (Å²) in [5.74, 6) is 0.920. The molecular weight excluding hydrogens is 400 g/mol. The molecule has 0 aromatic heterocycles. The van der Waals surface area contributed by atoms with Gasteiger partial charge < -0.3 is 19.6 Å². The minimum atomic E-state index is -0.265. The number of aliphatic hydroxyl groups excluding tert-OH is 1. The maximum absolute atomic E-state index is 13.8. The SMILES string of the molecule is C[C@@H]1CN([C@@H](C)CO)C(=O)c2ccccc2-c2ccccc2CO[C@@H]1CN(C)CC1CC1. The smallest absolute Gasteiger partial charge is 0.254 e. The molecule has 0 bridgehead atoms. The van der Waals surface area contributed by atoms with Crippen molar-refractivity contribution in [1.82, 2.24) is 9.80 Å². The van der Waals surface area contributed by atoms with Gasteiger partial charge in [0, 0.05) is 31.1 Å². The summed E-state index contributed by atoms with van der Waals surface area (Å²) in [4.78, 5) is 18.0. The molecule has 1 fully saturated rings. The Hall–Kier alpha value is -2.21. The Kier molecular flexibility index (Phi) is 7.29.